The predicted molar refractivity (Wildman–Crippen MR) is 131 cm³/mol. The Hall–Kier alpha value is -1.93. The van der Waals surface area contributed by atoms with E-state index >= 15 is 0 Å². The summed E-state index contributed by atoms with van der Waals surface area (Å²) in [6, 6.07) is 6.29. The Labute approximate surface area is 198 Å². The summed E-state index contributed by atoms with van der Waals surface area (Å²) in [6.07, 6.45) is 10.9. The lowest BCUT2D eigenvalue weighted by atomic mass is 9.80. The smallest absolute Gasteiger partial charge is 0.253 e. The molecule has 1 saturated heterocycles. The molecule has 1 saturated carbocycles. The number of thiazole rings is 1. The number of amides is 1. The normalized spacial score (nSPS) is 21.2. The summed E-state index contributed by atoms with van der Waals surface area (Å²) in [6.45, 7) is 2.83. The van der Waals surface area contributed by atoms with Crippen LogP contribution in [0.3, 0.4) is 0 Å². The van der Waals surface area contributed by atoms with E-state index in [4.69, 9.17) is 11.6 Å². The highest BCUT2D eigenvalue weighted by Gasteiger charge is 2.41. The van der Waals surface area contributed by atoms with Crippen molar-refractivity contribution < 1.29 is 4.79 Å². The third-order valence-corrected chi connectivity index (χ3v) is 8.36. The van der Waals surface area contributed by atoms with Crippen molar-refractivity contribution in [2.45, 2.75) is 50.1 Å². The molecule has 170 valence electrons. The number of nitrogens with zero attached hydrogens (tertiary/aromatic N) is 3. The van der Waals surface area contributed by atoms with E-state index in [1.807, 2.05) is 41.4 Å². The molecule has 2 aromatic heterocycles. The molecule has 1 aromatic carbocycles. The van der Waals surface area contributed by atoms with Gasteiger partial charge in [-0.15, -0.1) is 11.3 Å². The van der Waals surface area contributed by atoms with Gasteiger partial charge in [0.1, 0.15) is 0 Å². The fourth-order valence-electron chi connectivity index (χ4n) is 5.49. The van der Waals surface area contributed by atoms with Crippen molar-refractivity contribution in [3.8, 4) is 5.13 Å². The summed E-state index contributed by atoms with van der Waals surface area (Å²) in [4.78, 5) is 20.5. The van der Waals surface area contributed by atoms with Crippen LogP contribution in [0.4, 0.5) is 0 Å². The standard InChI is InChI=1S/C24H30ClN5OS/c1-26-17-8-12-29(14-17)24(9-3-2-4-10-24)16-28-22(31)18-15-30(23-27-11-13-32-23)20-7-5-6-19(25)21(18)20/h5-7,11,13,15,17,26H,2-4,8-10,12,14,16H2,1H3,(H,28,31)/t17-/m1/s1. The Morgan fingerprint density at radius 2 is 2.16 bits per heavy atom. The fourth-order valence-corrected chi connectivity index (χ4v) is 6.39. The first-order valence-electron chi connectivity index (χ1n) is 11.5. The number of likely N-dealkylation sites (tertiary alicyclic amines) is 1. The number of rotatable bonds is 6. The van der Waals surface area contributed by atoms with Crippen molar-refractivity contribution in [1.29, 1.82) is 0 Å². The van der Waals surface area contributed by atoms with E-state index in [0.29, 0.717) is 23.2 Å². The van der Waals surface area contributed by atoms with Gasteiger partial charge in [-0.3, -0.25) is 14.3 Å². The fraction of sp³-hybridized carbons (Fsp3) is 0.500. The second-order valence-electron chi connectivity index (χ2n) is 9.05. The maximum Gasteiger partial charge on any atom is 0.253 e. The largest absolute Gasteiger partial charge is 0.350 e. The molecule has 2 aliphatic rings. The molecule has 1 atom stereocenters. The third kappa shape index (κ3) is 3.96. The number of carbonyl (C=O) groups is 1. The van der Waals surface area contributed by atoms with Crippen molar-refractivity contribution in [3.63, 3.8) is 0 Å². The van der Waals surface area contributed by atoms with Gasteiger partial charge in [-0.25, -0.2) is 4.98 Å². The van der Waals surface area contributed by atoms with Crippen LogP contribution in [-0.2, 0) is 0 Å². The average molecular weight is 472 g/mol. The van der Waals surface area contributed by atoms with E-state index in [9.17, 15) is 4.79 Å². The van der Waals surface area contributed by atoms with Crippen LogP contribution in [0.1, 0.15) is 48.9 Å². The number of carbonyl (C=O) groups excluding carboxylic acids is 1. The monoisotopic (exact) mass is 471 g/mol. The first kappa shape index (κ1) is 21.9. The number of benzene rings is 1. The summed E-state index contributed by atoms with van der Waals surface area (Å²) >= 11 is 8.11. The van der Waals surface area contributed by atoms with E-state index < -0.39 is 0 Å². The molecule has 1 aliphatic carbocycles. The summed E-state index contributed by atoms with van der Waals surface area (Å²) in [5.74, 6) is -0.0623. The van der Waals surface area contributed by atoms with Gasteiger partial charge in [0.2, 0.25) is 0 Å². The number of hydrogen-bond acceptors (Lipinski definition) is 5. The molecule has 32 heavy (non-hydrogen) atoms. The van der Waals surface area contributed by atoms with Crippen molar-refractivity contribution in [3.05, 3.63) is 46.6 Å². The minimum Gasteiger partial charge on any atom is -0.350 e. The van der Waals surface area contributed by atoms with Crippen LogP contribution >= 0.6 is 22.9 Å². The molecule has 0 bridgehead atoms. The Kier molecular flexibility index (Phi) is 6.25. The molecule has 3 heterocycles. The molecule has 6 nitrogen and oxygen atoms in total. The number of likely N-dealkylation sites (N-methyl/N-ethyl adjacent to an activating group) is 1. The highest BCUT2D eigenvalue weighted by Crippen LogP contribution is 2.36. The lowest BCUT2D eigenvalue weighted by Crippen LogP contribution is -2.56. The molecule has 8 heteroatoms. The van der Waals surface area contributed by atoms with Gasteiger partial charge in [0, 0.05) is 54.4 Å². The first-order valence-corrected chi connectivity index (χ1v) is 12.8. The summed E-state index contributed by atoms with van der Waals surface area (Å²) < 4.78 is 1.97. The van der Waals surface area contributed by atoms with Crippen LogP contribution in [0.25, 0.3) is 16.0 Å². The Morgan fingerprint density at radius 3 is 2.88 bits per heavy atom. The SMILES string of the molecule is CN[C@@H]1CCN(C2(CNC(=O)c3cn(-c4nccs4)c4cccc(Cl)c34)CCCCC2)C1. The molecule has 2 fully saturated rings. The molecular formula is C24H30ClN5OS. The van der Waals surface area contributed by atoms with Crippen molar-refractivity contribution in [2.75, 3.05) is 26.7 Å². The van der Waals surface area contributed by atoms with Crippen LogP contribution in [0.2, 0.25) is 5.02 Å². The molecule has 3 aromatic rings. The van der Waals surface area contributed by atoms with Gasteiger partial charge in [0.25, 0.3) is 5.91 Å². The highest BCUT2D eigenvalue weighted by molar-refractivity contribution is 7.12. The summed E-state index contributed by atoms with van der Waals surface area (Å²) in [7, 11) is 2.05. The Morgan fingerprint density at radius 1 is 1.31 bits per heavy atom. The number of aromatic nitrogens is 2. The zero-order valence-corrected chi connectivity index (χ0v) is 20.0. The molecule has 0 unspecified atom stereocenters. The molecule has 0 spiro atoms. The van der Waals surface area contributed by atoms with E-state index in [0.717, 1.165) is 42.0 Å². The first-order chi connectivity index (χ1) is 15.6. The van der Waals surface area contributed by atoms with E-state index in [1.165, 1.54) is 25.7 Å². The molecule has 1 aliphatic heterocycles. The van der Waals surface area contributed by atoms with Gasteiger partial charge in [0.05, 0.1) is 16.1 Å². The third-order valence-electron chi connectivity index (χ3n) is 7.28. The van der Waals surface area contributed by atoms with Gasteiger partial charge in [0.15, 0.2) is 5.13 Å². The van der Waals surface area contributed by atoms with Crippen molar-refractivity contribution in [1.82, 2.24) is 25.1 Å². The van der Waals surface area contributed by atoms with Gasteiger partial charge in [-0.1, -0.05) is 36.9 Å². The van der Waals surface area contributed by atoms with Crippen molar-refractivity contribution >= 4 is 39.7 Å². The predicted octanol–water partition coefficient (Wildman–Crippen LogP) is 4.47. The lowest BCUT2D eigenvalue weighted by molar-refractivity contribution is 0.0639. The number of fused-ring (bicyclic) bond motifs is 1. The molecule has 5 rings (SSSR count). The van der Waals surface area contributed by atoms with Gasteiger partial charge in [-0.2, -0.15) is 0 Å². The second-order valence-corrected chi connectivity index (χ2v) is 10.3. The van der Waals surface area contributed by atoms with Gasteiger partial charge >= 0.3 is 0 Å². The zero-order chi connectivity index (χ0) is 22.1. The molecule has 2 N–H and O–H groups in total. The number of halogens is 1. The maximum atomic E-state index is 13.5. The quantitative estimate of drug-likeness (QED) is 0.557. The number of nitrogens with one attached hydrogen (secondary N) is 2. The van der Waals surface area contributed by atoms with Crippen LogP contribution in [0.5, 0.6) is 0 Å². The minimum absolute atomic E-state index is 0.0526. The topological polar surface area (TPSA) is 62.2 Å². The van der Waals surface area contributed by atoms with E-state index in [2.05, 4.69) is 20.5 Å². The highest BCUT2D eigenvalue weighted by atomic mass is 35.5. The second kappa shape index (κ2) is 9.14. The minimum atomic E-state index is -0.0623. The molecule has 1 amide bonds. The van der Waals surface area contributed by atoms with Gasteiger partial charge in [-0.05, 0) is 38.4 Å². The molecular weight excluding hydrogens is 442 g/mol. The Balaban J connectivity index is 1.42. The van der Waals surface area contributed by atoms with Crippen LogP contribution in [0, 0.1) is 0 Å². The average Bonchev–Trinajstić information content (AvgIpc) is 3.58. The van der Waals surface area contributed by atoms with Crippen LogP contribution in [0.15, 0.2) is 36.0 Å². The lowest BCUT2D eigenvalue weighted by Gasteiger charge is -2.45. The Bertz CT molecular complexity index is 1090. The van der Waals surface area contributed by atoms with E-state index in [1.54, 1.807) is 17.5 Å². The van der Waals surface area contributed by atoms with Crippen molar-refractivity contribution in [2.24, 2.45) is 0 Å². The van der Waals surface area contributed by atoms with Crippen LogP contribution in [-0.4, -0.2) is 58.6 Å². The molecule has 0 radical (unpaired) electrons. The summed E-state index contributed by atoms with van der Waals surface area (Å²) in [5.41, 5.74) is 1.57. The zero-order valence-electron chi connectivity index (χ0n) is 18.4. The maximum absolute atomic E-state index is 13.5. The van der Waals surface area contributed by atoms with Gasteiger partial charge < -0.3 is 10.6 Å². The van der Waals surface area contributed by atoms with Crippen LogP contribution < -0.4 is 10.6 Å². The van der Waals surface area contributed by atoms with E-state index in [-0.39, 0.29) is 11.4 Å². The summed E-state index contributed by atoms with van der Waals surface area (Å²) in [5, 5.41) is 10.9. The number of hydrogen-bond donors (Lipinski definition) is 2.